The minimum absolute atomic E-state index is 0.749. The predicted molar refractivity (Wildman–Crippen MR) is 79.9 cm³/mol. The molecule has 0 aliphatic heterocycles. The van der Waals surface area contributed by atoms with Crippen LogP contribution in [0.2, 0.25) is 5.02 Å². The van der Waals surface area contributed by atoms with Crippen molar-refractivity contribution in [2.24, 2.45) is 0 Å². The van der Waals surface area contributed by atoms with Crippen molar-refractivity contribution in [2.45, 2.75) is 0 Å². The molecule has 3 heteroatoms. The van der Waals surface area contributed by atoms with Crippen LogP contribution >= 0.6 is 27.5 Å². The van der Waals surface area contributed by atoms with Gasteiger partial charge in [0.05, 0.1) is 10.5 Å². The Morgan fingerprint density at radius 3 is 2.56 bits per heavy atom. The highest BCUT2D eigenvalue weighted by Crippen LogP contribution is 2.33. The lowest BCUT2D eigenvalue weighted by Gasteiger charge is -2.07. The number of fused-ring (bicyclic) bond motifs is 1. The second-order valence-corrected chi connectivity index (χ2v) is 5.31. The van der Waals surface area contributed by atoms with Crippen molar-refractivity contribution < 1.29 is 0 Å². The summed E-state index contributed by atoms with van der Waals surface area (Å²) in [6, 6.07) is 16.0. The van der Waals surface area contributed by atoms with Crippen molar-refractivity contribution in [3.05, 3.63) is 64.2 Å². The Kier molecular flexibility index (Phi) is 3.06. The van der Waals surface area contributed by atoms with Crippen molar-refractivity contribution in [3.63, 3.8) is 0 Å². The molecule has 0 unspecified atom stereocenters. The van der Waals surface area contributed by atoms with Crippen LogP contribution in [-0.2, 0) is 0 Å². The molecule has 0 saturated carbocycles. The van der Waals surface area contributed by atoms with Gasteiger partial charge in [-0.2, -0.15) is 0 Å². The largest absolute Gasteiger partial charge is 0.255 e. The monoisotopic (exact) mass is 317 g/mol. The zero-order valence-electron chi connectivity index (χ0n) is 9.40. The van der Waals surface area contributed by atoms with Gasteiger partial charge in [0.1, 0.15) is 0 Å². The van der Waals surface area contributed by atoms with E-state index in [2.05, 4.69) is 20.9 Å². The molecule has 1 heterocycles. The fourth-order valence-electron chi connectivity index (χ4n) is 1.95. The van der Waals surface area contributed by atoms with Crippen LogP contribution in [0.15, 0.2) is 59.2 Å². The molecular formula is C15H9BrClN. The molecule has 1 aromatic heterocycles. The second kappa shape index (κ2) is 4.71. The molecular weight excluding hydrogens is 310 g/mol. The highest BCUT2D eigenvalue weighted by molar-refractivity contribution is 9.10. The molecule has 0 radical (unpaired) electrons. The molecule has 88 valence electrons. The quantitative estimate of drug-likeness (QED) is 0.592. The van der Waals surface area contributed by atoms with Crippen molar-refractivity contribution in [1.82, 2.24) is 4.98 Å². The standard InChI is InChI=1S/C15H9BrClN/c16-11-6-7-12-14(8-11)18-9-13(15(12)17)10-4-2-1-3-5-10/h1-9H. The van der Waals surface area contributed by atoms with Crippen molar-refractivity contribution in [1.29, 1.82) is 0 Å². The van der Waals surface area contributed by atoms with Crippen LogP contribution in [-0.4, -0.2) is 4.98 Å². The van der Waals surface area contributed by atoms with Crippen LogP contribution in [0.3, 0.4) is 0 Å². The van der Waals surface area contributed by atoms with Gasteiger partial charge in [0.25, 0.3) is 0 Å². The van der Waals surface area contributed by atoms with E-state index in [0.717, 1.165) is 31.5 Å². The van der Waals surface area contributed by atoms with Crippen molar-refractivity contribution in [3.8, 4) is 11.1 Å². The number of hydrogen-bond donors (Lipinski definition) is 0. The van der Waals surface area contributed by atoms with E-state index in [-0.39, 0.29) is 0 Å². The summed E-state index contributed by atoms with van der Waals surface area (Å²) in [6.45, 7) is 0. The first kappa shape index (κ1) is 11.7. The molecule has 2 aromatic carbocycles. The van der Waals surface area contributed by atoms with Gasteiger partial charge in [-0.05, 0) is 17.7 Å². The Morgan fingerprint density at radius 2 is 1.78 bits per heavy atom. The Morgan fingerprint density at radius 1 is 1.00 bits per heavy atom. The Balaban J connectivity index is 2.27. The van der Waals surface area contributed by atoms with Crippen LogP contribution in [0, 0.1) is 0 Å². The van der Waals surface area contributed by atoms with E-state index in [0.29, 0.717) is 0 Å². The van der Waals surface area contributed by atoms with Gasteiger partial charge in [-0.1, -0.05) is 63.9 Å². The summed E-state index contributed by atoms with van der Waals surface area (Å²) in [5, 5.41) is 1.72. The number of nitrogens with zero attached hydrogens (tertiary/aromatic N) is 1. The first-order valence-corrected chi connectivity index (χ1v) is 6.72. The number of rotatable bonds is 1. The molecule has 0 aliphatic rings. The van der Waals surface area contributed by atoms with Gasteiger partial charge in [0.2, 0.25) is 0 Å². The van der Waals surface area contributed by atoms with Gasteiger partial charge >= 0.3 is 0 Å². The summed E-state index contributed by atoms with van der Waals surface area (Å²) in [7, 11) is 0. The fourth-order valence-corrected chi connectivity index (χ4v) is 2.62. The normalized spacial score (nSPS) is 10.8. The highest BCUT2D eigenvalue weighted by atomic mass is 79.9. The molecule has 1 nitrogen and oxygen atoms in total. The molecule has 0 amide bonds. The fraction of sp³-hybridized carbons (Fsp3) is 0. The molecule has 0 aliphatic carbocycles. The zero-order chi connectivity index (χ0) is 12.5. The van der Waals surface area contributed by atoms with Gasteiger partial charge < -0.3 is 0 Å². The predicted octanol–water partition coefficient (Wildman–Crippen LogP) is 5.32. The lowest BCUT2D eigenvalue weighted by Crippen LogP contribution is -1.85. The Hall–Kier alpha value is -1.38. The average molecular weight is 319 g/mol. The number of pyridine rings is 1. The minimum atomic E-state index is 0.749. The maximum Gasteiger partial charge on any atom is 0.0728 e. The van der Waals surface area contributed by atoms with E-state index in [1.54, 1.807) is 0 Å². The highest BCUT2D eigenvalue weighted by Gasteiger charge is 2.08. The number of aromatic nitrogens is 1. The number of hydrogen-bond acceptors (Lipinski definition) is 1. The lowest BCUT2D eigenvalue weighted by atomic mass is 10.1. The third-order valence-electron chi connectivity index (χ3n) is 2.85. The smallest absolute Gasteiger partial charge is 0.0728 e. The molecule has 0 N–H and O–H groups in total. The van der Waals surface area contributed by atoms with Crippen LogP contribution in [0.25, 0.3) is 22.0 Å². The van der Waals surface area contributed by atoms with Gasteiger partial charge in [0, 0.05) is 21.6 Å². The summed E-state index contributed by atoms with van der Waals surface area (Å²) >= 11 is 9.91. The molecule has 0 atom stereocenters. The lowest BCUT2D eigenvalue weighted by molar-refractivity contribution is 1.40. The Bertz CT molecular complexity index is 710. The van der Waals surface area contributed by atoms with E-state index in [9.17, 15) is 0 Å². The van der Waals surface area contributed by atoms with Crippen LogP contribution in [0.4, 0.5) is 0 Å². The van der Waals surface area contributed by atoms with Gasteiger partial charge in [0.15, 0.2) is 0 Å². The van der Waals surface area contributed by atoms with E-state index in [1.165, 1.54) is 0 Å². The summed E-state index contributed by atoms with van der Waals surface area (Å²) < 4.78 is 1.01. The average Bonchev–Trinajstić information content (AvgIpc) is 2.40. The summed E-state index contributed by atoms with van der Waals surface area (Å²) in [5.41, 5.74) is 2.95. The molecule has 0 spiro atoms. The number of benzene rings is 2. The van der Waals surface area contributed by atoms with Gasteiger partial charge in [-0.3, -0.25) is 4.98 Å². The third-order valence-corrected chi connectivity index (χ3v) is 3.75. The van der Waals surface area contributed by atoms with Crippen molar-refractivity contribution in [2.75, 3.05) is 0 Å². The number of halogens is 2. The summed E-state index contributed by atoms with van der Waals surface area (Å²) in [5.74, 6) is 0. The summed E-state index contributed by atoms with van der Waals surface area (Å²) in [4.78, 5) is 4.46. The maximum atomic E-state index is 6.47. The first-order valence-electron chi connectivity index (χ1n) is 5.55. The minimum Gasteiger partial charge on any atom is -0.255 e. The molecule has 3 rings (SSSR count). The van der Waals surface area contributed by atoms with E-state index >= 15 is 0 Å². The first-order chi connectivity index (χ1) is 8.75. The zero-order valence-corrected chi connectivity index (χ0v) is 11.7. The van der Waals surface area contributed by atoms with E-state index in [4.69, 9.17) is 11.6 Å². The molecule has 18 heavy (non-hydrogen) atoms. The Labute approximate surface area is 119 Å². The van der Waals surface area contributed by atoms with Crippen LogP contribution in [0.5, 0.6) is 0 Å². The van der Waals surface area contributed by atoms with E-state index in [1.807, 2.05) is 54.7 Å². The molecule has 0 bridgehead atoms. The summed E-state index contributed by atoms with van der Waals surface area (Å²) in [6.07, 6.45) is 1.83. The SMILES string of the molecule is Clc1c(-c2ccccc2)cnc2cc(Br)ccc12. The third kappa shape index (κ3) is 2.02. The molecule has 3 aromatic rings. The van der Waals surface area contributed by atoms with E-state index < -0.39 is 0 Å². The topological polar surface area (TPSA) is 12.9 Å². The van der Waals surface area contributed by atoms with Gasteiger partial charge in [-0.25, -0.2) is 0 Å². The molecule has 0 saturated heterocycles. The van der Waals surface area contributed by atoms with Crippen molar-refractivity contribution >= 4 is 38.4 Å². The van der Waals surface area contributed by atoms with Crippen LogP contribution in [0.1, 0.15) is 0 Å². The second-order valence-electron chi connectivity index (χ2n) is 4.01. The molecule has 0 fully saturated rings. The van der Waals surface area contributed by atoms with Gasteiger partial charge in [-0.15, -0.1) is 0 Å². The van der Waals surface area contributed by atoms with Crippen LogP contribution < -0.4 is 0 Å². The maximum absolute atomic E-state index is 6.47.